The molecule has 1 aliphatic heterocycles. The first kappa shape index (κ1) is 19.3. The largest absolute Gasteiger partial charge is 0.495 e. The van der Waals surface area contributed by atoms with Gasteiger partial charge < -0.3 is 14.2 Å². The minimum atomic E-state index is -0.326. The van der Waals surface area contributed by atoms with E-state index in [2.05, 4.69) is 17.9 Å². The standard InChI is InChI=1S/C21H27N5O3/c1-6-9-24-19(27)17-18(23(4)21(24)28)22-20-25(11-14(3)12-26(17)20)15-10-13(2)7-8-16(15)29-5/h7-8,10,14H,6,9,11-12H2,1-5H3. The molecular formula is C21H27N5O3. The summed E-state index contributed by atoms with van der Waals surface area (Å²) in [5.41, 5.74) is 2.34. The molecule has 0 spiro atoms. The second kappa shape index (κ2) is 7.09. The Balaban J connectivity index is 2.03. The second-order valence-electron chi connectivity index (χ2n) is 7.88. The number of hydrogen-bond donors (Lipinski definition) is 0. The molecule has 8 nitrogen and oxygen atoms in total. The Hall–Kier alpha value is -3.03. The summed E-state index contributed by atoms with van der Waals surface area (Å²) in [6, 6.07) is 6.02. The van der Waals surface area contributed by atoms with Crippen LogP contribution in [0.15, 0.2) is 27.8 Å². The Morgan fingerprint density at radius 2 is 2.00 bits per heavy atom. The third-order valence-electron chi connectivity index (χ3n) is 5.51. The van der Waals surface area contributed by atoms with E-state index >= 15 is 0 Å². The summed E-state index contributed by atoms with van der Waals surface area (Å²) in [6.45, 7) is 7.96. The molecule has 8 heteroatoms. The molecule has 0 fully saturated rings. The minimum Gasteiger partial charge on any atom is -0.495 e. The third kappa shape index (κ3) is 2.94. The molecule has 0 saturated carbocycles. The average molecular weight is 397 g/mol. The molecule has 1 aliphatic rings. The Bertz CT molecular complexity index is 1200. The first-order valence-electron chi connectivity index (χ1n) is 9.99. The topological polar surface area (TPSA) is 74.3 Å². The number of benzene rings is 1. The number of imidazole rings is 1. The van der Waals surface area contributed by atoms with Gasteiger partial charge in [0.25, 0.3) is 5.56 Å². The molecule has 3 heterocycles. The molecule has 0 saturated heterocycles. The van der Waals surface area contributed by atoms with Gasteiger partial charge in [0.2, 0.25) is 5.95 Å². The van der Waals surface area contributed by atoms with Gasteiger partial charge in [-0.2, -0.15) is 4.98 Å². The number of aromatic nitrogens is 4. The fourth-order valence-electron chi connectivity index (χ4n) is 4.14. The Kier molecular flexibility index (Phi) is 4.72. The van der Waals surface area contributed by atoms with Crippen molar-refractivity contribution in [1.82, 2.24) is 18.7 Å². The van der Waals surface area contributed by atoms with Crippen LogP contribution in [0, 0.1) is 12.8 Å². The van der Waals surface area contributed by atoms with E-state index in [1.165, 1.54) is 9.13 Å². The summed E-state index contributed by atoms with van der Waals surface area (Å²) in [5.74, 6) is 1.71. The first-order valence-corrected chi connectivity index (χ1v) is 9.99. The number of methoxy groups -OCH3 is 1. The fourth-order valence-corrected chi connectivity index (χ4v) is 4.14. The highest BCUT2D eigenvalue weighted by Crippen LogP contribution is 2.38. The second-order valence-corrected chi connectivity index (χ2v) is 7.88. The van der Waals surface area contributed by atoms with Crippen LogP contribution in [0.3, 0.4) is 0 Å². The van der Waals surface area contributed by atoms with Crippen molar-refractivity contribution in [3.63, 3.8) is 0 Å². The number of fused-ring (bicyclic) bond motifs is 3. The molecule has 0 aliphatic carbocycles. The van der Waals surface area contributed by atoms with Gasteiger partial charge in [-0.1, -0.05) is 19.9 Å². The summed E-state index contributed by atoms with van der Waals surface area (Å²) in [4.78, 5) is 32.8. The average Bonchev–Trinajstić information content (AvgIpc) is 3.08. The van der Waals surface area contributed by atoms with Crippen molar-refractivity contribution in [3.05, 3.63) is 44.6 Å². The van der Waals surface area contributed by atoms with Crippen LogP contribution in [0.2, 0.25) is 0 Å². The van der Waals surface area contributed by atoms with Crippen LogP contribution in [-0.4, -0.2) is 32.3 Å². The van der Waals surface area contributed by atoms with E-state index in [0.717, 1.165) is 23.5 Å². The zero-order valence-electron chi connectivity index (χ0n) is 17.6. The first-order chi connectivity index (χ1) is 13.9. The summed E-state index contributed by atoms with van der Waals surface area (Å²) >= 11 is 0. The van der Waals surface area contributed by atoms with Crippen molar-refractivity contribution in [2.45, 2.75) is 40.3 Å². The van der Waals surface area contributed by atoms with E-state index < -0.39 is 0 Å². The monoisotopic (exact) mass is 397 g/mol. The number of nitrogens with zero attached hydrogens (tertiary/aromatic N) is 5. The molecule has 3 aromatic rings. The van der Waals surface area contributed by atoms with Gasteiger partial charge in [0.15, 0.2) is 11.2 Å². The van der Waals surface area contributed by atoms with Gasteiger partial charge in [-0.15, -0.1) is 0 Å². The van der Waals surface area contributed by atoms with Crippen molar-refractivity contribution in [2.75, 3.05) is 18.6 Å². The minimum absolute atomic E-state index is 0.269. The van der Waals surface area contributed by atoms with E-state index in [4.69, 9.17) is 9.72 Å². The van der Waals surface area contributed by atoms with Crippen LogP contribution >= 0.6 is 0 Å². The number of ether oxygens (including phenoxy) is 1. The lowest BCUT2D eigenvalue weighted by atomic mass is 10.1. The molecule has 1 unspecified atom stereocenters. The SMILES string of the molecule is CCCn1c(=O)c2c(nc3n2CC(C)CN3c2cc(C)ccc2OC)n(C)c1=O. The number of rotatable bonds is 4. The van der Waals surface area contributed by atoms with Crippen LogP contribution in [0.4, 0.5) is 11.6 Å². The molecule has 1 aromatic carbocycles. The summed E-state index contributed by atoms with van der Waals surface area (Å²) in [7, 11) is 3.33. The molecule has 2 aromatic heterocycles. The Morgan fingerprint density at radius 3 is 2.69 bits per heavy atom. The van der Waals surface area contributed by atoms with E-state index in [9.17, 15) is 9.59 Å². The molecule has 29 heavy (non-hydrogen) atoms. The van der Waals surface area contributed by atoms with Gasteiger partial charge in [0.1, 0.15) is 5.75 Å². The van der Waals surface area contributed by atoms with Crippen molar-refractivity contribution in [2.24, 2.45) is 13.0 Å². The fraction of sp³-hybridized carbons (Fsp3) is 0.476. The highest BCUT2D eigenvalue weighted by molar-refractivity contribution is 5.78. The van der Waals surface area contributed by atoms with Crippen molar-refractivity contribution in [1.29, 1.82) is 0 Å². The van der Waals surface area contributed by atoms with Crippen LogP contribution in [-0.2, 0) is 20.1 Å². The maximum Gasteiger partial charge on any atom is 0.332 e. The van der Waals surface area contributed by atoms with Crippen LogP contribution in [0.1, 0.15) is 25.8 Å². The van der Waals surface area contributed by atoms with Gasteiger partial charge in [-0.05, 0) is 37.0 Å². The molecule has 0 N–H and O–H groups in total. The van der Waals surface area contributed by atoms with E-state index in [1.807, 2.05) is 30.5 Å². The van der Waals surface area contributed by atoms with Crippen molar-refractivity contribution >= 4 is 22.8 Å². The molecule has 0 radical (unpaired) electrons. The van der Waals surface area contributed by atoms with Crippen LogP contribution in [0.25, 0.3) is 11.2 Å². The van der Waals surface area contributed by atoms with Crippen LogP contribution < -0.4 is 20.9 Å². The highest BCUT2D eigenvalue weighted by atomic mass is 16.5. The third-order valence-corrected chi connectivity index (χ3v) is 5.51. The molecule has 0 amide bonds. The molecule has 4 rings (SSSR count). The smallest absolute Gasteiger partial charge is 0.332 e. The predicted molar refractivity (Wildman–Crippen MR) is 113 cm³/mol. The van der Waals surface area contributed by atoms with Crippen molar-refractivity contribution in [3.8, 4) is 5.75 Å². The summed E-state index contributed by atoms with van der Waals surface area (Å²) in [5, 5.41) is 0. The zero-order chi connectivity index (χ0) is 20.9. The summed E-state index contributed by atoms with van der Waals surface area (Å²) < 4.78 is 10.3. The summed E-state index contributed by atoms with van der Waals surface area (Å²) in [6.07, 6.45) is 0.713. The normalized spacial score (nSPS) is 16.3. The van der Waals surface area contributed by atoms with E-state index in [1.54, 1.807) is 14.2 Å². The highest BCUT2D eigenvalue weighted by Gasteiger charge is 2.31. The molecular weight excluding hydrogens is 370 g/mol. The van der Waals surface area contributed by atoms with Gasteiger partial charge in [-0.3, -0.25) is 13.9 Å². The van der Waals surface area contributed by atoms with Crippen LogP contribution in [0.5, 0.6) is 5.75 Å². The maximum atomic E-state index is 13.2. The van der Waals surface area contributed by atoms with Gasteiger partial charge in [-0.25, -0.2) is 4.79 Å². The number of anilines is 2. The molecule has 154 valence electrons. The van der Waals surface area contributed by atoms with Gasteiger partial charge in [0.05, 0.1) is 12.8 Å². The van der Waals surface area contributed by atoms with Crippen molar-refractivity contribution < 1.29 is 4.74 Å². The number of hydrogen-bond acceptors (Lipinski definition) is 5. The Labute approximate surface area is 169 Å². The maximum absolute atomic E-state index is 13.2. The van der Waals surface area contributed by atoms with E-state index in [-0.39, 0.29) is 11.2 Å². The lowest BCUT2D eigenvalue weighted by Gasteiger charge is -2.33. The lowest BCUT2D eigenvalue weighted by molar-refractivity contribution is 0.409. The predicted octanol–water partition coefficient (Wildman–Crippen LogP) is 2.41. The zero-order valence-corrected chi connectivity index (χ0v) is 17.6. The van der Waals surface area contributed by atoms with Gasteiger partial charge >= 0.3 is 5.69 Å². The van der Waals surface area contributed by atoms with E-state index in [0.29, 0.717) is 42.5 Å². The number of aryl methyl sites for hydroxylation is 2. The lowest BCUT2D eigenvalue weighted by Crippen LogP contribution is -2.40. The molecule has 0 bridgehead atoms. The van der Waals surface area contributed by atoms with Gasteiger partial charge in [0, 0.05) is 26.7 Å². The quantitative estimate of drug-likeness (QED) is 0.676. The Morgan fingerprint density at radius 1 is 1.24 bits per heavy atom. The molecule has 1 atom stereocenters.